The molecule has 1 aromatic rings. The van der Waals surface area contributed by atoms with Crippen LogP contribution in [0.15, 0.2) is 32.0 Å². The van der Waals surface area contributed by atoms with Crippen molar-refractivity contribution in [1.29, 1.82) is 0 Å². The molecule has 0 aliphatic rings. The lowest BCUT2D eigenvalue weighted by molar-refractivity contribution is 0.369. The molecule has 0 N–H and O–H groups in total. The number of rotatable bonds is 4. The highest BCUT2D eigenvalue weighted by molar-refractivity contribution is 9.11. The molecule has 0 saturated heterocycles. The van der Waals surface area contributed by atoms with Gasteiger partial charge in [-0.25, -0.2) is 8.42 Å². The molecular weight excluding hydrogens is 370 g/mol. The molecule has 0 heterocycles. The van der Waals surface area contributed by atoms with Gasteiger partial charge in [-0.1, -0.05) is 22.9 Å². The third kappa shape index (κ3) is 3.30. The van der Waals surface area contributed by atoms with Gasteiger partial charge in [0.15, 0.2) is 0 Å². The number of nitrogens with zero attached hydrogens (tertiary/aromatic N) is 1. The lowest BCUT2D eigenvalue weighted by Gasteiger charge is -2.24. The maximum absolute atomic E-state index is 12.4. The summed E-state index contributed by atoms with van der Waals surface area (Å²) in [6.07, 6.45) is 0. The van der Waals surface area contributed by atoms with Crippen LogP contribution in [0.2, 0.25) is 0 Å². The monoisotopic (exact) mass is 383 g/mol. The molecular formula is C11H15Br2NO2S. The van der Waals surface area contributed by atoms with Gasteiger partial charge in [0.05, 0.1) is 4.90 Å². The second-order valence-corrected chi connectivity index (χ2v) is 7.51. The van der Waals surface area contributed by atoms with Crippen molar-refractivity contribution in [2.24, 2.45) is 0 Å². The van der Waals surface area contributed by atoms with Crippen LogP contribution in [-0.2, 0) is 10.0 Å². The lowest BCUT2D eigenvalue weighted by Crippen LogP contribution is -2.36. The molecule has 0 spiro atoms. The molecule has 96 valence electrons. The Morgan fingerprint density at radius 3 is 2.29 bits per heavy atom. The van der Waals surface area contributed by atoms with Gasteiger partial charge >= 0.3 is 0 Å². The highest BCUT2D eigenvalue weighted by Crippen LogP contribution is 2.28. The summed E-state index contributed by atoms with van der Waals surface area (Å²) >= 11 is 6.60. The average Bonchev–Trinajstić information content (AvgIpc) is 2.16. The average molecular weight is 385 g/mol. The molecule has 0 amide bonds. The van der Waals surface area contributed by atoms with Crippen molar-refractivity contribution in [2.75, 3.05) is 6.54 Å². The summed E-state index contributed by atoms with van der Waals surface area (Å²) < 4.78 is 27.7. The molecule has 0 radical (unpaired) electrons. The van der Waals surface area contributed by atoms with Crippen LogP contribution in [0, 0.1) is 0 Å². The fourth-order valence-electron chi connectivity index (χ4n) is 1.62. The zero-order valence-corrected chi connectivity index (χ0v) is 13.9. The Hall–Kier alpha value is 0.0900. The van der Waals surface area contributed by atoms with E-state index in [2.05, 4.69) is 31.9 Å². The molecule has 0 aliphatic heterocycles. The van der Waals surface area contributed by atoms with Gasteiger partial charge in [-0.2, -0.15) is 4.31 Å². The summed E-state index contributed by atoms with van der Waals surface area (Å²) in [7, 11) is -3.43. The predicted octanol–water partition coefficient (Wildman–Crippen LogP) is 3.63. The quantitative estimate of drug-likeness (QED) is 0.794. The molecule has 1 rings (SSSR count). The summed E-state index contributed by atoms with van der Waals surface area (Å²) in [5.74, 6) is 0. The van der Waals surface area contributed by atoms with Gasteiger partial charge in [0.2, 0.25) is 10.0 Å². The van der Waals surface area contributed by atoms with E-state index in [1.54, 1.807) is 18.2 Å². The first-order valence-electron chi connectivity index (χ1n) is 5.27. The minimum atomic E-state index is -3.43. The Bertz CT molecular complexity index is 500. The van der Waals surface area contributed by atoms with E-state index in [1.807, 2.05) is 20.8 Å². The number of sulfonamides is 1. The Labute approximate surface area is 120 Å². The summed E-state index contributed by atoms with van der Waals surface area (Å²) in [5, 5.41) is 0. The van der Waals surface area contributed by atoms with E-state index in [9.17, 15) is 8.42 Å². The van der Waals surface area contributed by atoms with Crippen LogP contribution in [0.3, 0.4) is 0 Å². The molecule has 3 nitrogen and oxygen atoms in total. The number of hydrogen-bond donors (Lipinski definition) is 0. The summed E-state index contributed by atoms with van der Waals surface area (Å²) in [5.41, 5.74) is 0. The Kier molecular flexibility index (Phi) is 5.19. The second kappa shape index (κ2) is 5.82. The maximum atomic E-state index is 12.4. The van der Waals surface area contributed by atoms with E-state index in [1.165, 1.54) is 4.31 Å². The zero-order chi connectivity index (χ0) is 13.2. The normalized spacial score (nSPS) is 12.4. The minimum Gasteiger partial charge on any atom is -0.207 e. The smallest absolute Gasteiger partial charge is 0.207 e. The van der Waals surface area contributed by atoms with Gasteiger partial charge in [-0.05, 0) is 48.0 Å². The van der Waals surface area contributed by atoms with Crippen LogP contribution in [0.25, 0.3) is 0 Å². The van der Waals surface area contributed by atoms with Gasteiger partial charge < -0.3 is 0 Å². The third-order valence-corrected chi connectivity index (χ3v) is 5.99. The number of halogens is 2. The second-order valence-electron chi connectivity index (χ2n) is 3.88. The molecule has 6 heteroatoms. The van der Waals surface area contributed by atoms with Crippen molar-refractivity contribution >= 4 is 41.9 Å². The first-order chi connectivity index (χ1) is 7.80. The summed E-state index contributed by atoms with van der Waals surface area (Å²) in [6, 6.07) is 5.02. The first-order valence-corrected chi connectivity index (χ1v) is 8.30. The molecule has 17 heavy (non-hydrogen) atoms. The van der Waals surface area contributed by atoms with Crippen molar-refractivity contribution in [1.82, 2.24) is 4.31 Å². The predicted molar refractivity (Wildman–Crippen MR) is 76.5 cm³/mol. The van der Waals surface area contributed by atoms with Crippen molar-refractivity contribution in [3.63, 3.8) is 0 Å². The molecule has 0 fully saturated rings. The van der Waals surface area contributed by atoms with E-state index < -0.39 is 10.0 Å². The van der Waals surface area contributed by atoms with E-state index in [0.717, 1.165) is 4.47 Å². The first kappa shape index (κ1) is 15.1. The topological polar surface area (TPSA) is 37.4 Å². The van der Waals surface area contributed by atoms with Crippen LogP contribution >= 0.6 is 31.9 Å². The maximum Gasteiger partial charge on any atom is 0.244 e. The van der Waals surface area contributed by atoms with Crippen LogP contribution < -0.4 is 0 Å². The fraction of sp³-hybridized carbons (Fsp3) is 0.455. The van der Waals surface area contributed by atoms with Crippen LogP contribution in [-0.4, -0.2) is 25.3 Å². The van der Waals surface area contributed by atoms with Crippen LogP contribution in [0.5, 0.6) is 0 Å². The molecule has 1 aromatic carbocycles. The van der Waals surface area contributed by atoms with Crippen molar-refractivity contribution in [3.05, 3.63) is 27.1 Å². The molecule has 0 atom stereocenters. The highest BCUT2D eigenvalue weighted by Gasteiger charge is 2.27. The van der Waals surface area contributed by atoms with E-state index >= 15 is 0 Å². The van der Waals surface area contributed by atoms with Gasteiger partial charge in [0.1, 0.15) is 0 Å². The lowest BCUT2D eigenvalue weighted by atomic mass is 10.4. The largest absolute Gasteiger partial charge is 0.244 e. The van der Waals surface area contributed by atoms with Crippen molar-refractivity contribution < 1.29 is 8.42 Å². The van der Waals surface area contributed by atoms with Crippen LogP contribution in [0.1, 0.15) is 20.8 Å². The SMILES string of the molecule is CCN(C(C)C)S(=O)(=O)c1ccc(Br)cc1Br. The molecule has 0 saturated carbocycles. The van der Waals surface area contributed by atoms with Gasteiger partial charge in [0.25, 0.3) is 0 Å². The van der Waals surface area contributed by atoms with Crippen molar-refractivity contribution in [2.45, 2.75) is 31.7 Å². The van der Waals surface area contributed by atoms with E-state index in [0.29, 0.717) is 15.9 Å². The molecule has 0 aromatic heterocycles. The molecule has 0 aliphatic carbocycles. The fourth-order valence-corrected chi connectivity index (χ4v) is 4.98. The van der Waals surface area contributed by atoms with Gasteiger partial charge in [-0.3, -0.25) is 0 Å². The minimum absolute atomic E-state index is 0.0550. The Morgan fingerprint density at radius 1 is 1.29 bits per heavy atom. The summed E-state index contributed by atoms with van der Waals surface area (Å²) in [4.78, 5) is 0.302. The standard InChI is InChI=1S/C11H15Br2NO2S/c1-4-14(8(2)3)17(15,16)11-6-5-9(12)7-10(11)13/h5-8H,4H2,1-3H3. The Balaban J connectivity index is 3.30. The van der Waals surface area contributed by atoms with Gasteiger partial charge in [0, 0.05) is 21.5 Å². The van der Waals surface area contributed by atoms with Gasteiger partial charge in [-0.15, -0.1) is 0 Å². The number of benzene rings is 1. The highest BCUT2D eigenvalue weighted by atomic mass is 79.9. The third-order valence-electron chi connectivity index (χ3n) is 2.37. The van der Waals surface area contributed by atoms with Crippen molar-refractivity contribution in [3.8, 4) is 0 Å². The summed E-state index contributed by atoms with van der Waals surface area (Å²) in [6.45, 7) is 6.04. The zero-order valence-electron chi connectivity index (χ0n) is 9.94. The van der Waals surface area contributed by atoms with E-state index in [-0.39, 0.29) is 6.04 Å². The number of hydrogen-bond acceptors (Lipinski definition) is 2. The Morgan fingerprint density at radius 2 is 1.88 bits per heavy atom. The van der Waals surface area contributed by atoms with Crippen LogP contribution in [0.4, 0.5) is 0 Å². The van der Waals surface area contributed by atoms with E-state index in [4.69, 9.17) is 0 Å². The molecule has 0 bridgehead atoms. The molecule has 0 unspecified atom stereocenters.